The summed E-state index contributed by atoms with van der Waals surface area (Å²) in [7, 11) is -2.91. The molecule has 5 heteroatoms. The van der Waals surface area contributed by atoms with Crippen LogP contribution in [-0.2, 0) is 11.0 Å². The van der Waals surface area contributed by atoms with Gasteiger partial charge in [0.1, 0.15) is 5.58 Å². The average molecular weight is 198 g/mol. The third-order valence-corrected chi connectivity index (χ3v) is 1.90. The molecule has 1 heterocycles. The molecule has 1 aromatic heterocycles. The van der Waals surface area contributed by atoms with Gasteiger partial charge in [-0.15, -0.1) is 0 Å². The lowest BCUT2D eigenvalue weighted by molar-refractivity contribution is 0.410. The second-order valence-electron chi connectivity index (χ2n) is 2.42. The van der Waals surface area contributed by atoms with E-state index in [4.69, 9.17) is 4.42 Å². The lowest BCUT2D eigenvalue weighted by Crippen LogP contribution is -1.86. The normalized spacial score (nSPS) is 10.8. The Balaban J connectivity index is 2.49. The molecule has 4 nitrogen and oxygen atoms in total. The van der Waals surface area contributed by atoms with Crippen LogP contribution < -0.4 is 4.18 Å². The van der Waals surface area contributed by atoms with E-state index in [0.29, 0.717) is 5.58 Å². The first-order valence-electron chi connectivity index (χ1n) is 3.56. The minimum atomic E-state index is -2.91. The molecule has 0 spiro atoms. The van der Waals surface area contributed by atoms with Gasteiger partial charge in [0.25, 0.3) is 0 Å². The number of furan rings is 1. The third-order valence-electron chi connectivity index (χ3n) is 1.57. The van der Waals surface area contributed by atoms with Crippen molar-refractivity contribution in [1.82, 2.24) is 0 Å². The summed E-state index contributed by atoms with van der Waals surface area (Å²) in [6.45, 7) is 0. The molecule has 0 unspecified atom stereocenters. The number of para-hydroxylation sites is 1. The Bertz CT molecular complexity index is 457. The van der Waals surface area contributed by atoms with Crippen molar-refractivity contribution in [1.29, 1.82) is 0 Å². The van der Waals surface area contributed by atoms with Crippen LogP contribution in [-0.4, -0.2) is 8.42 Å². The summed E-state index contributed by atoms with van der Waals surface area (Å²) in [4.78, 5) is 0. The molecule has 13 heavy (non-hydrogen) atoms. The fraction of sp³-hybridized carbons (Fsp3) is 0. The van der Waals surface area contributed by atoms with Gasteiger partial charge >= 0.3 is 16.9 Å². The predicted octanol–water partition coefficient (Wildman–Crippen LogP) is 1.34. The highest BCUT2D eigenvalue weighted by Gasteiger charge is 2.03. The topological polar surface area (TPSA) is 56.5 Å². The summed E-state index contributed by atoms with van der Waals surface area (Å²) in [5, 5.41) is 0.814. The van der Waals surface area contributed by atoms with Gasteiger partial charge in [-0.1, -0.05) is 18.2 Å². The largest absolute Gasteiger partial charge is 0.425 e. The highest BCUT2D eigenvalue weighted by atomic mass is 32.2. The van der Waals surface area contributed by atoms with Crippen LogP contribution in [0.4, 0.5) is 0 Å². The van der Waals surface area contributed by atoms with Crippen molar-refractivity contribution >= 4 is 22.0 Å². The van der Waals surface area contributed by atoms with Crippen molar-refractivity contribution in [2.75, 3.05) is 0 Å². The van der Waals surface area contributed by atoms with Gasteiger partial charge in [0.2, 0.25) is 0 Å². The molecule has 0 atom stereocenters. The number of benzene rings is 1. The van der Waals surface area contributed by atoms with Crippen molar-refractivity contribution in [3.63, 3.8) is 0 Å². The van der Waals surface area contributed by atoms with E-state index in [2.05, 4.69) is 4.18 Å². The molecule has 0 amide bonds. The van der Waals surface area contributed by atoms with Crippen molar-refractivity contribution in [2.45, 2.75) is 0 Å². The molecule has 0 saturated heterocycles. The van der Waals surface area contributed by atoms with Gasteiger partial charge in [-0.05, 0) is 6.07 Å². The summed E-state index contributed by atoms with van der Waals surface area (Å²) >= 11 is 0. The first kappa shape index (κ1) is 8.12. The third kappa shape index (κ3) is 1.65. The van der Waals surface area contributed by atoms with E-state index in [1.54, 1.807) is 12.1 Å². The Kier molecular flexibility index (Phi) is 1.94. The highest BCUT2D eigenvalue weighted by molar-refractivity contribution is 7.67. The molecule has 2 aromatic rings. The molecule has 0 fully saturated rings. The standard InChI is InChI=1S/C8H6O4S/c9-13(10)12-8-5-6-3-1-2-4-7(6)11-8/h1-5,13H. The van der Waals surface area contributed by atoms with Crippen LogP contribution >= 0.6 is 0 Å². The van der Waals surface area contributed by atoms with Crippen LogP contribution in [0.1, 0.15) is 0 Å². The number of hydrogen-bond donors (Lipinski definition) is 1. The van der Waals surface area contributed by atoms with E-state index in [1.165, 1.54) is 6.07 Å². The minimum absolute atomic E-state index is 0.00249. The zero-order valence-electron chi connectivity index (χ0n) is 6.47. The van der Waals surface area contributed by atoms with Gasteiger partial charge in [-0.2, -0.15) is 8.42 Å². The lowest BCUT2D eigenvalue weighted by atomic mass is 10.3. The predicted molar refractivity (Wildman–Crippen MR) is 47.2 cm³/mol. The van der Waals surface area contributed by atoms with Crippen LogP contribution in [0.25, 0.3) is 11.0 Å². The van der Waals surface area contributed by atoms with Crippen molar-refractivity contribution in [3.8, 4) is 5.95 Å². The minimum Gasteiger partial charge on any atom is -0.425 e. The summed E-state index contributed by atoms with van der Waals surface area (Å²) < 4.78 is 29.9. The molecule has 0 aliphatic heterocycles. The average Bonchev–Trinajstić information content (AvgIpc) is 2.44. The second-order valence-corrected chi connectivity index (χ2v) is 3.05. The molecule has 1 aromatic carbocycles. The van der Waals surface area contributed by atoms with Gasteiger partial charge in [0, 0.05) is 11.5 Å². The molecular formula is C8H6O4S. The van der Waals surface area contributed by atoms with Crippen molar-refractivity contribution in [2.24, 2.45) is 0 Å². The second kappa shape index (κ2) is 3.10. The van der Waals surface area contributed by atoms with Gasteiger partial charge in [-0.3, -0.25) is 0 Å². The van der Waals surface area contributed by atoms with Crippen LogP contribution in [0.3, 0.4) is 0 Å². The number of fused-ring (bicyclic) bond motifs is 1. The zero-order valence-corrected chi connectivity index (χ0v) is 7.36. The molecule has 0 N–H and O–H groups in total. The Labute approximate surface area is 75.9 Å². The molecule has 0 aliphatic rings. The molecule has 2 rings (SSSR count). The van der Waals surface area contributed by atoms with Crippen LogP contribution in [0.5, 0.6) is 5.95 Å². The maximum Gasteiger partial charge on any atom is 0.302 e. The van der Waals surface area contributed by atoms with E-state index in [0.717, 1.165) is 5.39 Å². The summed E-state index contributed by atoms with van der Waals surface area (Å²) in [5.41, 5.74) is 0.606. The smallest absolute Gasteiger partial charge is 0.302 e. The molecule has 0 saturated carbocycles. The SMILES string of the molecule is O=[SH](=O)Oc1cc2ccccc2o1. The Morgan fingerprint density at radius 3 is 2.69 bits per heavy atom. The zero-order chi connectivity index (χ0) is 9.26. The van der Waals surface area contributed by atoms with Gasteiger partial charge in [0.05, 0.1) is 0 Å². The highest BCUT2D eigenvalue weighted by Crippen LogP contribution is 2.24. The number of rotatable bonds is 2. The van der Waals surface area contributed by atoms with Crippen LogP contribution in [0, 0.1) is 0 Å². The molecule has 0 radical (unpaired) electrons. The van der Waals surface area contributed by atoms with Crippen molar-refractivity contribution < 1.29 is 17.0 Å². The Hall–Kier alpha value is -1.49. The Morgan fingerprint density at radius 2 is 2.00 bits per heavy atom. The fourth-order valence-corrected chi connectivity index (χ4v) is 1.31. The van der Waals surface area contributed by atoms with Gasteiger partial charge in [0.15, 0.2) is 0 Å². The van der Waals surface area contributed by atoms with Gasteiger partial charge in [-0.25, -0.2) is 0 Å². The van der Waals surface area contributed by atoms with Gasteiger partial charge < -0.3 is 8.60 Å². The maximum absolute atomic E-state index is 10.2. The Morgan fingerprint density at radius 1 is 1.23 bits per heavy atom. The van der Waals surface area contributed by atoms with Crippen molar-refractivity contribution in [3.05, 3.63) is 30.3 Å². The van der Waals surface area contributed by atoms with E-state index >= 15 is 0 Å². The first-order chi connectivity index (χ1) is 6.25. The number of hydrogen-bond acceptors (Lipinski definition) is 4. The van der Waals surface area contributed by atoms with E-state index in [-0.39, 0.29) is 5.95 Å². The van der Waals surface area contributed by atoms with Crippen LogP contribution in [0.15, 0.2) is 34.7 Å². The maximum atomic E-state index is 10.2. The van der Waals surface area contributed by atoms with Crippen LogP contribution in [0.2, 0.25) is 0 Å². The quantitative estimate of drug-likeness (QED) is 0.740. The molecule has 68 valence electrons. The fourth-order valence-electron chi connectivity index (χ4n) is 1.08. The first-order valence-corrected chi connectivity index (χ1v) is 4.66. The summed E-state index contributed by atoms with van der Waals surface area (Å²) in [5.74, 6) is -0.00249. The lowest BCUT2D eigenvalue weighted by Gasteiger charge is -1.86. The molecular weight excluding hydrogens is 192 g/mol. The monoisotopic (exact) mass is 198 g/mol. The molecule has 0 bridgehead atoms. The van der Waals surface area contributed by atoms with E-state index < -0.39 is 11.0 Å². The molecule has 0 aliphatic carbocycles. The number of thiol groups is 1. The summed E-state index contributed by atoms with van der Waals surface area (Å²) in [6, 6.07) is 8.70. The summed E-state index contributed by atoms with van der Waals surface area (Å²) in [6.07, 6.45) is 0. The van der Waals surface area contributed by atoms with E-state index in [1.807, 2.05) is 12.1 Å². The van der Waals surface area contributed by atoms with E-state index in [9.17, 15) is 8.42 Å².